The molecule has 0 heterocycles. The Balaban J connectivity index is 2.22. The van der Waals surface area contributed by atoms with Crippen molar-refractivity contribution < 1.29 is 28.8 Å². The van der Waals surface area contributed by atoms with Crippen LogP contribution in [0.15, 0.2) is 30.3 Å². The third kappa shape index (κ3) is 16.6. The van der Waals surface area contributed by atoms with E-state index in [1.807, 2.05) is 11.8 Å². The van der Waals surface area contributed by atoms with E-state index in [0.29, 0.717) is 18.3 Å². The fourth-order valence-electron chi connectivity index (χ4n) is 3.69. The summed E-state index contributed by atoms with van der Waals surface area (Å²) in [6.45, 7) is 5.01. The number of thioether (sulfide) groups is 1. The van der Waals surface area contributed by atoms with Crippen LogP contribution in [0.1, 0.15) is 90.0 Å². The van der Waals surface area contributed by atoms with Crippen LogP contribution in [-0.2, 0) is 25.5 Å². The van der Waals surface area contributed by atoms with Crippen molar-refractivity contribution in [3.05, 3.63) is 35.9 Å². The highest BCUT2D eigenvalue weighted by atomic mass is 32.2. The second-order valence-electron chi connectivity index (χ2n) is 8.64. The first-order valence-electron chi connectivity index (χ1n) is 12.8. The molecule has 0 saturated carbocycles. The second kappa shape index (κ2) is 21.3. The van der Waals surface area contributed by atoms with E-state index in [4.69, 9.17) is 9.63 Å². The fourth-order valence-corrected chi connectivity index (χ4v) is 5.16. The Morgan fingerprint density at radius 1 is 0.971 bits per heavy atom. The highest BCUT2D eigenvalue weighted by molar-refractivity contribution is 7.99. The van der Waals surface area contributed by atoms with Gasteiger partial charge in [-0.1, -0.05) is 82.2 Å². The van der Waals surface area contributed by atoms with Crippen LogP contribution < -0.4 is 0 Å². The molecule has 194 valence electrons. The number of ether oxygens (including phenoxy) is 1. The maximum Gasteiger partial charge on any atom is 0.636 e. The normalized spacial score (nSPS) is 13.4. The van der Waals surface area contributed by atoms with Gasteiger partial charge in [0.05, 0.1) is 12.7 Å². The molecule has 3 atom stereocenters. The van der Waals surface area contributed by atoms with Gasteiger partial charge in [-0.25, -0.2) is 4.89 Å². The third-order valence-electron chi connectivity index (χ3n) is 5.69. The smallest absolute Gasteiger partial charge is 0.377 e. The fraction of sp³-hybridized carbons (Fsp3) is 0.731. The van der Waals surface area contributed by atoms with Crippen LogP contribution in [0.5, 0.6) is 0 Å². The molecule has 0 saturated heterocycles. The number of hydrogen-bond donors (Lipinski definition) is 1. The summed E-state index contributed by atoms with van der Waals surface area (Å²) in [7, 11) is -3.01. The van der Waals surface area contributed by atoms with Gasteiger partial charge >= 0.3 is 13.7 Å². The molecule has 1 N–H and O–H groups in total. The quantitative estimate of drug-likeness (QED) is 0.0728. The summed E-state index contributed by atoms with van der Waals surface area (Å²) in [5.74, 6) is 1.16. The van der Waals surface area contributed by atoms with Gasteiger partial charge in [-0.3, -0.25) is 0 Å². The van der Waals surface area contributed by atoms with Gasteiger partial charge in [0, 0.05) is 11.9 Å². The van der Waals surface area contributed by atoms with E-state index in [-0.39, 0.29) is 12.7 Å². The number of carbonyl (C=O) groups is 1. The zero-order valence-corrected chi connectivity index (χ0v) is 22.7. The number of hydrogen-bond acceptors (Lipinski definition) is 6. The molecule has 0 aliphatic heterocycles. The molecule has 0 fully saturated rings. The number of rotatable bonds is 22. The molecule has 1 rings (SSSR count). The average molecular weight is 516 g/mol. The lowest BCUT2D eigenvalue weighted by molar-refractivity contribution is -0.233. The summed E-state index contributed by atoms with van der Waals surface area (Å²) in [4.78, 5) is 28.3. The molecule has 8 heteroatoms. The van der Waals surface area contributed by atoms with Gasteiger partial charge in [0.15, 0.2) is 0 Å². The van der Waals surface area contributed by atoms with Crippen LogP contribution in [0.2, 0.25) is 0 Å². The Kier molecular flexibility index (Phi) is 19.5. The molecule has 1 aromatic rings. The molecular weight excluding hydrogens is 471 g/mol. The predicted octanol–water partition coefficient (Wildman–Crippen LogP) is 7.85. The zero-order valence-electron chi connectivity index (χ0n) is 21.0. The van der Waals surface area contributed by atoms with Crippen molar-refractivity contribution in [3.8, 4) is 0 Å². The van der Waals surface area contributed by atoms with Crippen molar-refractivity contribution in [2.45, 2.75) is 102 Å². The van der Waals surface area contributed by atoms with Crippen molar-refractivity contribution in [1.82, 2.24) is 0 Å². The first-order valence-corrected chi connectivity index (χ1v) is 15.1. The lowest BCUT2D eigenvalue weighted by Gasteiger charge is -2.24. The van der Waals surface area contributed by atoms with Gasteiger partial charge in [-0.2, -0.15) is 26.3 Å². The van der Waals surface area contributed by atoms with Crippen molar-refractivity contribution in [3.63, 3.8) is 0 Å². The lowest BCUT2D eigenvalue weighted by Crippen LogP contribution is -2.25. The molecule has 34 heavy (non-hydrogen) atoms. The summed E-state index contributed by atoms with van der Waals surface area (Å²) in [5.41, 5.74) is 0.169. The van der Waals surface area contributed by atoms with Crippen LogP contribution in [0, 0.1) is 0 Å². The molecule has 0 amide bonds. The van der Waals surface area contributed by atoms with E-state index in [9.17, 15) is 9.36 Å². The SMILES string of the molecule is CCCCCCCC(SCCCCCCc1ccccc1)C(C)OCCCOOC(=O)[P+](=O)O. The molecular formula is C26H44O6PS+. The van der Waals surface area contributed by atoms with E-state index in [1.165, 1.54) is 76.2 Å². The second-order valence-corrected chi connectivity index (χ2v) is 10.9. The van der Waals surface area contributed by atoms with E-state index in [0.717, 1.165) is 5.75 Å². The summed E-state index contributed by atoms with van der Waals surface area (Å²) >= 11 is 2.04. The van der Waals surface area contributed by atoms with E-state index >= 15 is 0 Å². The minimum atomic E-state index is -3.01. The summed E-state index contributed by atoms with van der Waals surface area (Å²) in [6, 6.07) is 10.7. The summed E-state index contributed by atoms with van der Waals surface area (Å²) in [6.07, 6.45) is 14.5. The molecule has 3 unspecified atom stereocenters. The van der Waals surface area contributed by atoms with Crippen LogP contribution in [0.3, 0.4) is 0 Å². The Hall–Kier alpha value is -0.980. The van der Waals surface area contributed by atoms with Crippen LogP contribution in [-0.4, -0.2) is 40.9 Å². The minimum absolute atomic E-state index is 0.138. The molecule has 6 nitrogen and oxygen atoms in total. The molecule has 0 aromatic heterocycles. The van der Waals surface area contributed by atoms with Gasteiger partial charge in [0.2, 0.25) is 0 Å². The van der Waals surface area contributed by atoms with Gasteiger partial charge in [0.25, 0.3) is 0 Å². The number of carbonyl (C=O) groups excluding carboxylic acids is 1. The Labute approximate surface area is 211 Å². The third-order valence-corrected chi connectivity index (χ3v) is 7.65. The van der Waals surface area contributed by atoms with Crippen molar-refractivity contribution in [2.75, 3.05) is 19.0 Å². The maximum atomic E-state index is 10.9. The van der Waals surface area contributed by atoms with Gasteiger partial charge in [-0.05, 0) is 54.9 Å². The topological polar surface area (TPSA) is 82.1 Å². The molecule has 1 aromatic carbocycles. The highest BCUT2D eigenvalue weighted by Gasteiger charge is 2.30. The Bertz CT molecular complexity index is 645. The largest absolute Gasteiger partial charge is 0.636 e. The average Bonchev–Trinajstić information content (AvgIpc) is 2.84. The maximum absolute atomic E-state index is 10.9. The monoisotopic (exact) mass is 515 g/mol. The van der Waals surface area contributed by atoms with E-state index < -0.39 is 13.7 Å². The predicted molar refractivity (Wildman–Crippen MR) is 141 cm³/mol. The number of aryl methyl sites for hydroxylation is 1. The molecule has 0 bridgehead atoms. The van der Waals surface area contributed by atoms with Crippen molar-refractivity contribution >= 4 is 25.5 Å². The molecule has 0 spiro atoms. The molecule has 0 radical (unpaired) electrons. The zero-order chi connectivity index (χ0) is 24.9. The van der Waals surface area contributed by atoms with E-state index in [1.54, 1.807) is 0 Å². The minimum Gasteiger partial charge on any atom is -0.377 e. The molecule has 0 aliphatic carbocycles. The summed E-state index contributed by atoms with van der Waals surface area (Å²) in [5, 5.41) is 0.475. The molecule has 0 aliphatic rings. The Morgan fingerprint density at radius 3 is 2.41 bits per heavy atom. The van der Waals surface area contributed by atoms with Crippen molar-refractivity contribution in [2.24, 2.45) is 0 Å². The van der Waals surface area contributed by atoms with Crippen LogP contribution >= 0.6 is 19.8 Å². The number of benzene rings is 1. The standard InChI is InChI=1S/C26H43O6PS/c1-3-4-5-6-13-19-25(23(2)30-20-15-21-31-32-26(27)33(28)29)34-22-14-8-7-10-16-24-17-11-9-12-18-24/h9,11-12,17-18,23,25H,3-8,10,13-16,19-22H2,1-2H3/p+1. The Morgan fingerprint density at radius 2 is 1.68 bits per heavy atom. The van der Waals surface area contributed by atoms with Gasteiger partial charge in [-0.15, -0.1) is 0 Å². The van der Waals surface area contributed by atoms with Crippen LogP contribution in [0.25, 0.3) is 0 Å². The first-order chi connectivity index (χ1) is 16.5. The van der Waals surface area contributed by atoms with Crippen molar-refractivity contribution in [1.29, 1.82) is 0 Å². The van der Waals surface area contributed by atoms with E-state index in [2.05, 4.69) is 54.0 Å². The summed E-state index contributed by atoms with van der Waals surface area (Å²) < 4.78 is 16.5. The van der Waals surface area contributed by atoms with Gasteiger partial charge < -0.3 is 4.74 Å². The van der Waals surface area contributed by atoms with Gasteiger partial charge in [0.1, 0.15) is 0 Å². The van der Waals surface area contributed by atoms with Crippen LogP contribution in [0.4, 0.5) is 4.79 Å². The highest BCUT2D eigenvalue weighted by Crippen LogP contribution is 2.25. The number of unbranched alkanes of at least 4 members (excludes halogenated alkanes) is 7. The lowest BCUT2D eigenvalue weighted by atomic mass is 10.1. The first kappa shape index (κ1) is 31.1.